The zero-order chi connectivity index (χ0) is 10.7. The van der Waals surface area contributed by atoms with E-state index in [1.807, 2.05) is 49.3 Å². The Balaban J connectivity index is 2.21. The van der Waals surface area contributed by atoms with E-state index in [0.29, 0.717) is 0 Å². The number of hydrogen-bond donors (Lipinski definition) is 0. The van der Waals surface area contributed by atoms with Crippen LogP contribution in [0.2, 0.25) is 0 Å². The Bertz CT molecular complexity index is 420. The second-order valence-electron chi connectivity index (χ2n) is 3.72. The lowest BCUT2D eigenvalue weighted by molar-refractivity contribution is 0.344. The van der Waals surface area contributed by atoms with Crippen LogP contribution in [0.3, 0.4) is 0 Å². The second-order valence-corrected chi connectivity index (χ2v) is 3.72. The Morgan fingerprint density at radius 3 is 2.60 bits per heavy atom. The van der Waals surface area contributed by atoms with Gasteiger partial charge in [-0.3, -0.25) is 0 Å². The topological polar surface area (TPSA) is 29.3 Å². The van der Waals surface area contributed by atoms with Gasteiger partial charge in [-0.25, -0.2) is 4.98 Å². The molecule has 3 nitrogen and oxygen atoms in total. The van der Waals surface area contributed by atoms with E-state index in [-0.39, 0.29) is 0 Å². The van der Waals surface area contributed by atoms with E-state index in [0.717, 1.165) is 23.8 Å². The molecule has 78 valence electrons. The first-order valence-corrected chi connectivity index (χ1v) is 4.90. The summed E-state index contributed by atoms with van der Waals surface area (Å²) in [7, 11) is 3.98. The van der Waals surface area contributed by atoms with E-state index >= 15 is 0 Å². The summed E-state index contributed by atoms with van der Waals surface area (Å²) in [5.41, 5.74) is 1.06. The van der Waals surface area contributed by atoms with Crippen molar-refractivity contribution in [1.82, 2.24) is 9.88 Å². The van der Waals surface area contributed by atoms with Gasteiger partial charge in [-0.15, -0.1) is 0 Å². The van der Waals surface area contributed by atoms with Crippen molar-refractivity contribution in [2.75, 3.05) is 14.1 Å². The fourth-order valence-electron chi connectivity index (χ4n) is 1.39. The maximum absolute atomic E-state index is 5.63. The Hall–Kier alpha value is -1.61. The van der Waals surface area contributed by atoms with Crippen LogP contribution in [-0.2, 0) is 6.54 Å². The first-order valence-electron chi connectivity index (χ1n) is 4.90. The predicted octanol–water partition coefficient (Wildman–Crippen LogP) is 2.40. The molecule has 1 heterocycles. The van der Waals surface area contributed by atoms with Crippen LogP contribution in [0.1, 0.15) is 5.89 Å². The maximum atomic E-state index is 5.63. The molecule has 0 spiro atoms. The van der Waals surface area contributed by atoms with Crippen LogP contribution in [0.15, 0.2) is 40.9 Å². The molecule has 1 aromatic heterocycles. The summed E-state index contributed by atoms with van der Waals surface area (Å²) in [6, 6.07) is 9.99. The third kappa shape index (κ3) is 2.44. The van der Waals surface area contributed by atoms with E-state index in [4.69, 9.17) is 4.42 Å². The molecule has 0 aliphatic carbocycles. The van der Waals surface area contributed by atoms with Gasteiger partial charge in [0.1, 0.15) is 0 Å². The van der Waals surface area contributed by atoms with Crippen molar-refractivity contribution in [2.45, 2.75) is 6.54 Å². The van der Waals surface area contributed by atoms with Crippen molar-refractivity contribution in [3.63, 3.8) is 0 Å². The third-order valence-corrected chi connectivity index (χ3v) is 2.06. The molecule has 0 aliphatic heterocycles. The smallest absolute Gasteiger partial charge is 0.209 e. The summed E-state index contributed by atoms with van der Waals surface area (Å²) < 4.78 is 5.63. The molecule has 0 saturated heterocycles. The van der Waals surface area contributed by atoms with E-state index in [9.17, 15) is 0 Å². The molecule has 0 fully saturated rings. The normalized spacial score (nSPS) is 10.9. The molecular weight excluding hydrogens is 188 g/mol. The predicted molar refractivity (Wildman–Crippen MR) is 59.3 cm³/mol. The molecule has 0 unspecified atom stereocenters. The van der Waals surface area contributed by atoms with Gasteiger partial charge in [0, 0.05) is 5.56 Å². The first kappa shape index (κ1) is 9.93. The van der Waals surface area contributed by atoms with E-state index in [1.54, 1.807) is 6.20 Å². The standard InChI is InChI=1S/C12H14N2O/c1-14(2)9-12-13-8-11(15-12)10-6-4-3-5-7-10/h3-8H,9H2,1-2H3. The molecule has 3 heteroatoms. The van der Waals surface area contributed by atoms with Crippen LogP contribution >= 0.6 is 0 Å². The van der Waals surface area contributed by atoms with Gasteiger partial charge in [0.05, 0.1) is 12.7 Å². The SMILES string of the molecule is CN(C)Cc1ncc(-c2ccccc2)o1. The highest BCUT2D eigenvalue weighted by Gasteiger charge is 2.05. The summed E-state index contributed by atoms with van der Waals surface area (Å²) >= 11 is 0. The second kappa shape index (κ2) is 4.28. The average molecular weight is 202 g/mol. The summed E-state index contributed by atoms with van der Waals surface area (Å²) in [6.45, 7) is 0.729. The molecule has 0 atom stereocenters. The fraction of sp³-hybridized carbons (Fsp3) is 0.250. The quantitative estimate of drug-likeness (QED) is 0.765. The van der Waals surface area contributed by atoms with Crippen molar-refractivity contribution in [3.8, 4) is 11.3 Å². The number of hydrogen-bond acceptors (Lipinski definition) is 3. The van der Waals surface area contributed by atoms with Gasteiger partial charge >= 0.3 is 0 Å². The summed E-state index contributed by atoms with van der Waals surface area (Å²) in [4.78, 5) is 6.25. The largest absolute Gasteiger partial charge is 0.439 e. The average Bonchev–Trinajstić information content (AvgIpc) is 2.67. The number of rotatable bonds is 3. The Kier molecular flexibility index (Phi) is 2.83. The van der Waals surface area contributed by atoms with Crippen molar-refractivity contribution in [1.29, 1.82) is 0 Å². The molecule has 0 aliphatic rings. The van der Waals surface area contributed by atoms with E-state index in [1.165, 1.54) is 0 Å². The van der Waals surface area contributed by atoms with Crippen LogP contribution in [-0.4, -0.2) is 24.0 Å². The Labute approximate surface area is 89.4 Å². The lowest BCUT2D eigenvalue weighted by Gasteiger charge is -2.04. The van der Waals surface area contributed by atoms with Crippen LogP contribution in [0.25, 0.3) is 11.3 Å². The minimum absolute atomic E-state index is 0.729. The Morgan fingerprint density at radius 1 is 1.20 bits per heavy atom. The van der Waals surface area contributed by atoms with Gasteiger partial charge in [0.25, 0.3) is 0 Å². The minimum atomic E-state index is 0.729. The molecule has 0 amide bonds. The molecule has 2 aromatic rings. The molecule has 15 heavy (non-hydrogen) atoms. The molecule has 1 aromatic carbocycles. The van der Waals surface area contributed by atoms with Gasteiger partial charge in [-0.1, -0.05) is 30.3 Å². The summed E-state index contributed by atoms with van der Waals surface area (Å²) in [5, 5.41) is 0. The maximum Gasteiger partial charge on any atom is 0.209 e. The highest BCUT2D eigenvalue weighted by molar-refractivity contribution is 5.55. The number of benzene rings is 1. The lowest BCUT2D eigenvalue weighted by Crippen LogP contribution is -2.10. The number of oxazole rings is 1. The number of aromatic nitrogens is 1. The zero-order valence-electron chi connectivity index (χ0n) is 8.97. The molecule has 0 bridgehead atoms. The molecule has 0 N–H and O–H groups in total. The van der Waals surface area contributed by atoms with Crippen molar-refractivity contribution < 1.29 is 4.42 Å². The monoisotopic (exact) mass is 202 g/mol. The van der Waals surface area contributed by atoms with Crippen molar-refractivity contribution >= 4 is 0 Å². The molecule has 0 radical (unpaired) electrons. The molecule has 0 saturated carbocycles. The van der Waals surface area contributed by atoms with Gasteiger partial charge < -0.3 is 9.32 Å². The van der Waals surface area contributed by atoms with Gasteiger partial charge in [-0.2, -0.15) is 0 Å². The minimum Gasteiger partial charge on any atom is -0.439 e. The summed E-state index contributed by atoms with van der Waals surface area (Å²) in [5.74, 6) is 1.58. The molecule has 2 rings (SSSR count). The van der Waals surface area contributed by atoms with Gasteiger partial charge in [0.15, 0.2) is 5.76 Å². The Morgan fingerprint density at radius 2 is 1.93 bits per heavy atom. The third-order valence-electron chi connectivity index (χ3n) is 2.06. The number of nitrogens with zero attached hydrogens (tertiary/aromatic N) is 2. The highest BCUT2D eigenvalue weighted by Crippen LogP contribution is 2.19. The first-order chi connectivity index (χ1) is 7.25. The summed E-state index contributed by atoms with van der Waals surface area (Å²) in [6.07, 6.45) is 1.77. The zero-order valence-corrected chi connectivity index (χ0v) is 8.97. The van der Waals surface area contributed by atoms with E-state index in [2.05, 4.69) is 4.98 Å². The molecular formula is C12H14N2O. The van der Waals surface area contributed by atoms with Crippen molar-refractivity contribution in [3.05, 3.63) is 42.4 Å². The van der Waals surface area contributed by atoms with Crippen molar-refractivity contribution in [2.24, 2.45) is 0 Å². The van der Waals surface area contributed by atoms with E-state index < -0.39 is 0 Å². The van der Waals surface area contributed by atoms with Crippen LogP contribution in [0.5, 0.6) is 0 Å². The van der Waals surface area contributed by atoms with Crippen LogP contribution < -0.4 is 0 Å². The highest BCUT2D eigenvalue weighted by atomic mass is 16.4. The lowest BCUT2D eigenvalue weighted by atomic mass is 10.2. The van der Waals surface area contributed by atoms with Gasteiger partial charge in [0.2, 0.25) is 5.89 Å². The van der Waals surface area contributed by atoms with Gasteiger partial charge in [-0.05, 0) is 14.1 Å². The fourth-order valence-corrected chi connectivity index (χ4v) is 1.39. The van der Waals surface area contributed by atoms with Crippen LogP contribution in [0, 0.1) is 0 Å². The van der Waals surface area contributed by atoms with Crippen LogP contribution in [0.4, 0.5) is 0 Å².